The van der Waals surface area contributed by atoms with Gasteiger partial charge in [-0.05, 0) is 32.9 Å². The first kappa shape index (κ1) is 14.8. The minimum Gasteiger partial charge on any atom is -0.318 e. The Morgan fingerprint density at radius 2 is 1.88 bits per heavy atom. The Kier molecular flexibility index (Phi) is 5.73. The molecular weight excluding hydrogens is 229 g/mol. The summed E-state index contributed by atoms with van der Waals surface area (Å²) in [6.07, 6.45) is -1.32. The molecule has 0 saturated heterocycles. The molecule has 17 heavy (non-hydrogen) atoms. The van der Waals surface area contributed by atoms with Crippen LogP contribution >= 0.6 is 0 Å². The van der Waals surface area contributed by atoms with Crippen molar-refractivity contribution in [1.82, 2.24) is 10.2 Å². The summed E-state index contributed by atoms with van der Waals surface area (Å²) in [7, 11) is 3.76. The van der Waals surface area contributed by atoms with E-state index in [1.165, 1.54) is 0 Å². The molecule has 5 heteroatoms. The first-order valence-corrected chi connectivity index (χ1v) is 6.35. The van der Waals surface area contributed by atoms with E-state index in [2.05, 4.69) is 5.32 Å². The highest BCUT2D eigenvalue weighted by Gasteiger charge is 2.45. The number of nitrogens with one attached hydrogen (secondary N) is 1. The van der Waals surface area contributed by atoms with Gasteiger partial charge in [0, 0.05) is 19.6 Å². The Morgan fingerprint density at radius 3 is 2.47 bits per heavy atom. The van der Waals surface area contributed by atoms with Crippen molar-refractivity contribution in [2.24, 2.45) is 11.8 Å². The average Bonchev–Trinajstić information content (AvgIpc) is 2.25. The molecule has 1 aliphatic carbocycles. The standard InChI is InChI=1S/C12H23F3N2/c1-16-7-8-17(2)9-10-5-3-4-6-11(10)12(13,14)15/h10-11,16H,3-9H2,1-2H3. The quantitative estimate of drug-likeness (QED) is 0.808. The Balaban J connectivity index is 2.48. The highest BCUT2D eigenvalue weighted by atomic mass is 19.4. The van der Waals surface area contributed by atoms with Crippen molar-refractivity contribution in [3.63, 3.8) is 0 Å². The molecule has 0 aromatic heterocycles. The molecule has 0 bridgehead atoms. The lowest BCUT2D eigenvalue weighted by Gasteiger charge is -2.35. The molecule has 1 saturated carbocycles. The van der Waals surface area contributed by atoms with Crippen LogP contribution in [-0.4, -0.2) is 44.8 Å². The van der Waals surface area contributed by atoms with Gasteiger partial charge in [-0.15, -0.1) is 0 Å². The van der Waals surface area contributed by atoms with Crippen LogP contribution in [0.2, 0.25) is 0 Å². The van der Waals surface area contributed by atoms with Gasteiger partial charge < -0.3 is 10.2 Å². The number of rotatable bonds is 5. The Bertz CT molecular complexity index is 218. The molecule has 0 aliphatic heterocycles. The zero-order valence-electron chi connectivity index (χ0n) is 10.7. The monoisotopic (exact) mass is 252 g/mol. The summed E-state index contributed by atoms with van der Waals surface area (Å²) < 4.78 is 38.6. The van der Waals surface area contributed by atoms with Crippen LogP contribution in [0.4, 0.5) is 13.2 Å². The van der Waals surface area contributed by atoms with E-state index in [0.717, 1.165) is 25.9 Å². The molecular formula is C12H23F3N2. The lowest BCUT2D eigenvalue weighted by Crippen LogP contribution is -2.40. The first-order chi connectivity index (χ1) is 7.95. The molecule has 2 unspecified atom stereocenters. The maximum absolute atomic E-state index is 12.9. The van der Waals surface area contributed by atoms with Crippen LogP contribution in [0.25, 0.3) is 0 Å². The minimum atomic E-state index is -4.02. The summed E-state index contributed by atoms with van der Waals surface area (Å²) in [6.45, 7) is 2.18. The zero-order valence-corrected chi connectivity index (χ0v) is 10.7. The number of hydrogen-bond acceptors (Lipinski definition) is 2. The van der Waals surface area contributed by atoms with Gasteiger partial charge in [0.05, 0.1) is 5.92 Å². The van der Waals surface area contributed by atoms with Gasteiger partial charge >= 0.3 is 6.18 Å². The molecule has 1 rings (SSSR count). The lowest BCUT2D eigenvalue weighted by molar-refractivity contribution is -0.197. The Morgan fingerprint density at radius 1 is 1.24 bits per heavy atom. The van der Waals surface area contributed by atoms with Crippen LogP contribution in [0.5, 0.6) is 0 Å². The van der Waals surface area contributed by atoms with Gasteiger partial charge in [0.25, 0.3) is 0 Å². The van der Waals surface area contributed by atoms with Gasteiger partial charge in [-0.25, -0.2) is 0 Å². The molecule has 102 valence electrons. The van der Waals surface area contributed by atoms with Crippen molar-refractivity contribution in [3.8, 4) is 0 Å². The fraction of sp³-hybridized carbons (Fsp3) is 1.00. The molecule has 0 radical (unpaired) electrons. The van der Waals surface area contributed by atoms with Gasteiger partial charge in [-0.1, -0.05) is 12.8 Å². The van der Waals surface area contributed by atoms with Gasteiger partial charge in [0.15, 0.2) is 0 Å². The second-order valence-electron chi connectivity index (χ2n) is 5.06. The largest absolute Gasteiger partial charge is 0.392 e. The van der Waals surface area contributed by atoms with Crippen molar-refractivity contribution >= 4 is 0 Å². The summed E-state index contributed by atoms with van der Waals surface area (Å²) in [5.41, 5.74) is 0. The van der Waals surface area contributed by atoms with Crippen molar-refractivity contribution in [2.75, 3.05) is 33.7 Å². The molecule has 0 aromatic carbocycles. The molecule has 1 N–H and O–H groups in total. The number of likely N-dealkylation sites (N-methyl/N-ethyl adjacent to an activating group) is 2. The predicted molar refractivity (Wildman–Crippen MR) is 62.9 cm³/mol. The fourth-order valence-corrected chi connectivity index (χ4v) is 2.65. The molecule has 2 atom stereocenters. The Labute approximate surface area is 102 Å². The Hall–Kier alpha value is -0.290. The number of alkyl halides is 3. The van der Waals surface area contributed by atoms with Crippen molar-refractivity contribution in [3.05, 3.63) is 0 Å². The first-order valence-electron chi connectivity index (χ1n) is 6.35. The summed E-state index contributed by atoms with van der Waals surface area (Å²) in [6, 6.07) is 0. The van der Waals surface area contributed by atoms with Gasteiger partial charge in [-0.3, -0.25) is 0 Å². The predicted octanol–water partition coefficient (Wildman–Crippen LogP) is 2.51. The topological polar surface area (TPSA) is 15.3 Å². The van der Waals surface area contributed by atoms with Gasteiger partial charge in [0.1, 0.15) is 0 Å². The lowest BCUT2D eigenvalue weighted by atomic mass is 9.78. The maximum atomic E-state index is 12.9. The van der Waals surface area contributed by atoms with E-state index in [1.807, 2.05) is 19.0 Å². The third kappa shape index (κ3) is 4.84. The summed E-state index contributed by atoms with van der Waals surface area (Å²) in [5.74, 6) is -1.31. The van der Waals surface area contributed by atoms with Crippen LogP contribution in [0.1, 0.15) is 25.7 Å². The second kappa shape index (κ2) is 6.59. The summed E-state index contributed by atoms with van der Waals surface area (Å²) >= 11 is 0. The summed E-state index contributed by atoms with van der Waals surface area (Å²) in [5, 5.41) is 3.01. The van der Waals surface area contributed by atoms with E-state index in [-0.39, 0.29) is 5.92 Å². The normalized spacial score (nSPS) is 26.5. The summed E-state index contributed by atoms with van der Waals surface area (Å²) in [4.78, 5) is 2.01. The van der Waals surface area contributed by atoms with E-state index < -0.39 is 12.1 Å². The fourth-order valence-electron chi connectivity index (χ4n) is 2.65. The van der Waals surface area contributed by atoms with E-state index in [0.29, 0.717) is 19.4 Å². The zero-order chi connectivity index (χ0) is 12.9. The number of hydrogen-bond donors (Lipinski definition) is 1. The molecule has 0 heterocycles. The van der Waals surface area contributed by atoms with Gasteiger partial charge in [-0.2, -0.15) is 13.2 Å². The van der Waals surface area contributed by atoms with Crippen molar-refractivity contribution in [2.45, 2.75) is 31.9 Å². The smallest absolute Gasteiger partial charge is 0.318 e. The van der Waals surface area contributed by atoms with E-state index in [4.69, 9.17) is 0 Å². The van der Waals surface area contributed by atoms with Crippen LogP contribution in [0.15, 0.2) is 0 Å². The highest BCUT2D eigenvalue weighted by molar-refractivity contribution is 4.82. The van der Waals surface area contributed by atoms with Crippen LogP contribution < -0.4 is 5.32 Å². The van der Waals surface area contributed by atoms with Crippen molar-refractivity contribution < 1.29 is 13.2 Å². The average molecular weight is 252 g/mol. The third-order valence-electron chi connectivity index (χ3n) is 3.62. The third-order valence-corrected chi connectivity index (χ3v) is 3.62. The number of halogens is 3. The second-order valence-corrected chi connectivity index (χ2v) is 5.06. The SMILES string of the molecule is CNCCN(C)CC1CCCCC1C(F)(F)F. The van der Waals surface area contributed by atoms with Crippen LogP contribution in [-0.2, 0) is 0 Å². The van der Waals surface area contributed by atoms with E-state index in [1.54, 1.807) is 0 Å². The van der Waals surface area contributed by atoms with Gasteiger partial charge in [0.2, 0.25) is 0 Å². The van der Waals surface area contributed by atoms with E-state index in [9.17, 15) is 13.2 Å². The highest BCUT2D eigenvalue weighted by Crippen LogP contribution is 2.41. The van der Waals surface area contributed by atoms with Crippen LogP contribution in [0, 0.1) is 11.8 Å². The molecule has 0 spiro atoms. The molecule has 0 aromatic rings. The number of nitrogens with zero attached hydrogens (tertiary/aromatic N) is 1. The minimum absolute atomic E-state index is 0.217. The molecule has 1 fully saturated rings. The van der Waals surface area contributed by atoms with Crippen LogP contribution in [0.3, 0.4) is 0 Å². The maximum Gasteiger partial charge on any atom is 0.392 e. The molecule has 1 aliphatic rings. The van der Waals surface area contributed by atoms with Crippen molar-refractivity contribution in [1.29, 1.82) is 0 Å². The molecule has 2 nitrogen and oxygen atoms in total. The molecule has 0 amide bonds. The van der Waals surface area contributed by atoms with E-state index >= 15 is 0 Å².